The number of rotatable bonds is 5. The molecule has 0 aliphatic heterocycles. The fourth-order valence-electron chi connectivity index (χ4n) is 2.22. The van der Waals surface area contributed by atoms with E-state index in [4.69, 9.17) is 29.6 Å². The molecule has 4 heteroatoms. The molecule has 1 fully saturated rings. The van der Waals surface area contributed by atoms with Crippen LogP contribution in [0.1, 0.15) is 32.3 Å². The maximum atomic E-state index is 6.15. The van der Waals surface area contributed by atoms with Crippen LogP contribution in [0.3, 0.4) is 0 Å². The van der Waals surface area contributed by atoms with Gasteiger partial charge in [-0.3, -0.25) is 0 Å². The standard InChI is InChI=1S/C14H19ClN2S/c1-9(2)14(5-6-14)8-17-10-3-4-11(13(16)18)12(15)7-10/h3-4,7,9,17H,5-6,8H2,1-2H3,(H2,16,18). The number of hydrogen-bond acceptors (Lipinski definition) is 2. The van der Waals surface area contributed by atoms with Gasteiger partial charge in [0, 0.05) is 17.8 Å². The lowest BCUT2D eigenvalue weighted by atomic mass is 9.92. The molecule has 0 atom stereocenters. The van der Waals surface area contributed by atoms with Crippen molar-refractivity contribution in [3.63, 3.8) is 0 Å². The van der Waals surface area contributed by atoms with Gasteiger partial charge < -0.3 is 11.1 Å². The second-order valence-electron chi connectivity index (χ2n) is 5.43. The monoisotopic (exact) mass is 282 g/mol. The maximum Gasteiger partial charge on any atom is 0.105 e. The van der Waals surface area contributed by atoms with Gasteiger partial charge in [-0.25, -0.2) is 0 Å². The summed E-state index contributed by atoms with van der Waals surface area (Å²) in [6.07, 6.45) is 2.63. The number of nitrogens with one attached hydrogen (secondary N) is 1. The first kappa shape index (κ1) is 13.6. The van der Waals surface area contributed by atoms with Gasteiger partial charge in [0.1, 0.15) is 4.99 Å². The molecule has 0 unspecified atom stereocenters. The molecule has 0 spiro atoms. The van der Waals surface area contributed by atoms with Gasteiger partial charge in [-0.05, 0) is 42.4 Å². The average Bonchev–Trinajstić information content (AvgIpc) is 3.07. The fraction of sp³-hybridized carbons (Fsp3) is 0.500. The topological polar surface area (TPSA) is 38.0 Å². The molecular weight excluding hydrogens is 264 g/mol. The lowest BCUT2D eigenvalue weighted by molar-refractivity contribution is 0.380. The highest BCUT2D eigenvalue weighted by Gasteiger charge is 2.44. The quantitative estimate of drug-likeness (QED) is 0.806. The van der Waals surface area contributed by atoms with Gasteiger partial charge in [-0.15, -0.1) is 0 Å². The first-order chi connectivity index (χ1) is 8.44. The van der Waals surface area contributed by atoms with Gasteiger partial charge in [0.05, 0.1) is 5.02 Å². The third kappa shape index (κ3) is 2.78. The highest BCUT2D eigenvalue weighted by molar-refractivity contribution is 7.80. The molecule has 0 saturated heterocycles. The summed E-state index contributed by atoms with van der Waals surface area (Å²) in [5.41, 5.74) is 7.84. The lowest BCUT2D eigenvalue weighted by Crippen LogP contribution is -2.21. The highest BCUT2D eigenvalue weighted by atomic mass is 35.5. The molecule has 0 bridgehead atoms. The lowest BCUT2D eigenvalue weighted by Gasteiger charge is -2.21. The first-order valence-corrected chi connectivity index (χ1v) is 7.06. The fourth-order valence-corrected chi connectivity index (χ4v) is 2.74. The number of benzene rings is 1. The molecule has 0 aromatic heterocycles. The molecule has 1 aliphatic carbocycles. The molecule has 1 aliphatic rings. The van der Waals surface area contributed by atoms with Crippen molar-refractivity contribution in [3.05, 3.63) is 28.8 Å². The Balaban J connectivity index is 2.03. The first-order valence-electron chi connectivity index (χ1n) is 6.28. The van der Waals surface area contributed by atoms with E-state index >= 15 is 0 Å². The van der Waals surface area contributed by atoms with Crippen LogP contribution >= 0.6 is 23.8 Å². The second-order valence-corrected chi connectivity index (χ2v) is 6.28. The summed E-state index contributed by atoms with van der Waals surface area (Å²) < 4.78 is 0. The average molecular weight is 283 g/mol. The molecule has 0 heterocycles. The molecule has 1 saturated carbocycles. The van der Waals surface area contributed by atoms with Crippen molar-refractivity contribution in [2.45, 2.75) is 26.7 Å². The molecule has 1 aromatic carbocycles. The highest BCUT2D eigenvalue weighted by Crippen LogP contribution is 2.51. The zero-order valence-electron chi connectivity index (χ0n) is 10.8. The third-order valence-electron chi connectivity index (χ3n) is 4.00. The molecule has 1 aromatic rings. The maximum absolute atomic E-state index is 6.15. The normalized spacial score (nSPS) is 16.7. The van der Waals surface area contributed by atoms with Crippen LogP contribution in [-0.2, 0) is 0 Å². The molecule has 2 nitrogen and oxygen atoms in total. The Bertz CT molecular complexity index is 467. The minimum Gasteiger partial charge on any atom is -0.389 e. The largest absolute Gasteiger partial charge is 0.389 e. The van der Waals surface area contributed by atoms with Crippen LogP contribution in [-0.4, -0.2) is 11.5 Å². The van der Waals surface area contributed by atoms with Crippen molar-refractivity contribution in [2.75, 3.05) is 11.9 Å². The minimum absolute atomic E-state index is 0.340. The Labute approximate surface area is 119 Å². The summed E-state index contributed by atoms with van der Waals surface area (Å²) in [5, 5.41) is 4.08. The van der Waals surface area contributed by atoms with Crippen molar-refractivity contribution < 1.29 is 0 Å². The van der Waals surface area contributed by atoms with Crippen molar-refractivity contribution in [2.24, 2.45) is 17.1 Å². The second kappa shape index (κ2) is 5.06. The van der Waals surface area contributed by atoms with Gasteiger partial charge in [0.15, 0.2) is 0 Å². The predicted molar refractivity (Wildman–Crippen MR) is 82.3 cm³/mol. The summed E-state index contributed by atoms with van der Waals surface area (Å²) in [6.45, 7) is 5.59. The van der Waals surface area contributed by atoms with Crippen molar-refractivity contribution in [1.82, 2.24) is 0 Å². The predicted octanol–water partition coefficient (Wildman–Crippen LogP) is 3.82. The van der Waals surface area contributed by atoms with E-state index in [2.05, 4.69) is 19.2 Å². The van der Waals surface area contributed by atoms with Crippen LogP contribution in [0, 0.1) is 11.3 Å². The summed E-state index contributed by atoms with van der Waals surface area (Å²) in [4.78, 5) is 0.340. The number of anilines is 1. The SMILES string of the molecule is CC(C)C1(CNc2ccc(C(N)=S)c(Cl)c2)CC1. The summed E-state index contributed by atoms with van der Waals surface area (Å²) >= 11 is 11.1. The minimum atomic E-state index is 0.340. The molecule has 2 rings (SSSR count). The zero-order chi connectivity index (χ0) is 13.3. The summed E-state index contributed by atoms with van der Waals surface area (Å²) in [7, 11) is 0. The van der Waals surface area contributed by atoms with Crippen molar-refractivity contribution >= 4 is 34.5 Å². The smallest absolute Gasteiger partial charge is 0.105 e. The van der Waals surface area contributed by atoms with Gasteiger partial charge in [-0.2, -0.15) is 0 Å². The van der Waals surface area contributed by atoms with E-state index < -0.39 is 0 Å². The summed E-state index contributed by atoms with van der Waals surface area (Å²) in [5.74, 6) is 0.719. The van der Waals surface area contributed by atoms with E-state index in [1.54, 1.807) is 0 Å². The molecular formula is C14H19ClN2S. The number of halogens is 1. The van der Waals surface area contributed by atoms with Crippen molar-refractivity contribution in [1.29, 1.82) is 0 Å². The van der Waals surface area contributed by atoms with Crippen LogP contribution < -0.4 is 11.1 Å². The number of thiocarbonyl (C=S) groups is 1. The van der Waals surface area contributed by atoms with Gasteiger partial charge in [-0.1, -0.05) is 37.7 Å². The van der Waals surface area contributed by atoms with E-state index in [1.165, 1.54) is 12.8 Å². The van der Waals surface area contributed by atoms with Gasteiger partial charge >= 0.3 is 0 Å². The van der Waals surface area contributed by atoms with E-state index in [-0.39, 0.29) is 0 Å². The Morgan fingerprint density at radius 2 is 2.17 bits per heavy atom. The molecule has 18 heavy (non-hydrogen) atoms. The van der Waals surface area contributed by atoms with E-state index in [0.717, 1.165) is 23.7 Å². The van der Waals surface area contributed by atoms with Crippen LogP contribution in [0.15, 0.2) is 18.2 Å². The van der Waals surface area contributed by atoms with Crippen LogP contribution in [0.5, 0.6) is 0 Å². The van der Waals surface area contributed by atoms with Crippen LogP contribution in [0.25, 0.3) is 0 Å². The summed E-state index contributed by atoms with van der Waals surface area (Å²) in [6, 6.07) is 5.76. The van der Waals surface area contributed by atoms with E-state index in [9.17, 15) is 0 Å². The molecule has 0 amide bonds. The number of hydrogen-bond donors (Lipinski definition) is 2. The van der Waals surface area contributed by atoms with Crippen molar-refractivity contribution in [3.8, 4) is 0 Å². The van der Waals surface area contributed by atoms with Gasteiger partial charge in [0.25, 0.3) is 0 Å². The molecule has 98 valence electrons. The van der Waals surface area contributed by atoms with Crippen LogP contribution in [0.2, 0.25) is 5.02 Å². The zero-order valence-corrected chi connectivity index (χ0v) is 12.4. The Hall–Kier alpha value is -0.800. The Morgan fingerprint density at radius 3 is 2.61 bits per heavy atom. The Kier molecular flexibility index (Phi) is 3.83. The Morgan fingerprint density at radius 1 is 1.50 bits per heavy atom. The number of nitrogens with two attached hydrogens (primary N) is 1. The third-order valence-corrected chi connectivity index (χ3v) is 4.53. The van der Waals surface area contributed by atoms with Crippen LogP contribution in [0.4, 0.5) is 5.69 Å². The van der Waals surface area contributed by atoms with E-state index in [1.807, 2.05) is 18.2 Å². The van der Waals surface area contributed by atoms with E-state index in [0.29, 0.717) is 15.4 Å². The molecule has 0 radical (unpaired) electrons. The van der Waals surface area contributed by atoms with Gasteiger partial charge in [0.2, 0.25) is 0 Å². The molecule has 3 N–H and O–H groups in total.